The summed E-state index contributed by atoms with van der Waals surface area (Å²) >= 11 is 3.50. The van der Waals surface area contributed by atoms with Gasteiger partial charge in [-0.15, -0.1) is 0 Å². The number of rotatable bonds is 7. The first kappa shape index (κ1) is 21.8. The minimum atomic E-state index is -0.113. The van der Waals surface area contributed by atoms with Gasteiger partial charge in [0, 0.05) is 28.0 Å². The van der Waals surface area contributed by atoms with Crippen molar-refractivity contribution < 1.29 is 9.53 Å². The number of amides is 1. The van der Waals surface area contributed by atoms with E-state index in [2.05, 4.69) is 53.1 Å². The summed E-state index contributed by atoms with van der Waals surface area (Å²) in [4.78, 5) is 28.1. The summed E-state index contributed by atoms with van der Waals surface area (Å²) in [7, 11) is 0. The molecule has 0 radical (unpaired) electrons. The van der Waals surface area contributed by atoms with E-state index in [0.717, 1.165) is 14.9 Å². The average molecular weight is 548 g/mol. The molecule has 0 spiro atoms. The summed E-state index contributed by atoms with van der Waals surface area (Å²) < 4.78 is 6.50. The number of morpholine rings is 1. The lowest BCUT2D eigenvalue weighted by Crippen LogP contribution is -2.37. The zero-order chi connectivity index (χ0) is 21.5. The van der Waals surface area contributed by atoms with Gasteiger partial charge in [-0.3, -0.25) is 4.79 Å². The van der Waals surface area contributed by atoms with Gasteiger partial charge in [0.2, 0.25) is 17.8 Å². The van der Waals surface area contributed by atoms with Gasteiger partial charge in [-0.2, -0.15) is 15.0 Å². The van der Waals surface area contributed by atoms with Crippen LogP contribution in [0.3, 0.4) is 0 Å². The molecule has 160 valence electrons. The minimum Gasteiger partial charge on any atom is -0.378 e. The second kappa shape index (κ2) is 10.7. The monoisotopic (exact) mass is 548 g/mol. The van der Waals surface area contributed by atoms with Crippen LogP contribution in [0.5, 0.6) is 0 Å². The number of hydrogen-bond acceptors (Lipinski definition) is 8. The third-order valence-electron chi connectivity index (χ3n) is 4.37. The Morgan fingerprint density at radius 2 is 1.81 bits per heavy atom. The van der Waals surface area contributed by atoms with Crippen LogP contribution in [0.1, 0.15) is 0 Å². The van der Waals surface area contributed by atoms with Gasteiger partial charge in [0.05, 0.1) is 19.0 Å². The fourth-order valence-corrected chi connectivity index (χ4v) is 4.09. The van der Waals surface area contributed by atoms with Crippen molar-refractivity contribution in [1.29, 1.82) is 0 Å². The standard InChI is InChI=1S/C21H21IN6O2S/c22-15-5-4-8-17(13-15)23-18(29)14-31-21-26-19(24-16-6-2-1-3-7-16)25-20(27-21)28-9-11-30-12-10-28/h1-8,13H,9-12,14H2,(H,23,29)(H,24,25,26,27). The number of nitrogens with one attached hydrogen (secondary N) is 2. The van der Waals surface area contributed by atoms with Crippen molar-refractivity contribution >= 4 is 63.5 Å². The molecule has 8 nitrogen and oxygen atoms in total. The van der Waals surface area contributed by atoms with Crippen LogP contribution in [0, 0.1) is 3.57 Å². The van der Waals surface area contributed by atoms with Crippen molar-refractivity contribution in [2.24, 2.45) is 0 Å². The van der Waals surface area contributed by atoms with Crippen LogP contribution in [0.2, 0.25) is 0 Å². The van der Waals surface area contributed by atoms with Crippen molar-refractivity contribution in [3.05, 3.63) is 58.2 Å². The molecule has 10 heteroatoms. The van der Waals surface area contributed by atoms with Gasteiger partial charge in [0.15, 0.2) is 5.16 Å². The number of halogens is 1. The number of aromatic nitrogens is 3. The second-order valence-electron chi connectivity index (χ2n) is 6.68. The lowest BCUT2D eigenvalue weighted by atomic mass is 10.3. The van der Waals surface area contributed by atoms with Gasteiger partial charge in [-0.05, 0) is 52.9 Å². The number of anilines is 4. The molecular weight excluding hydrogens is 527 g/mol. The summed E-state index contributed by atoms with van der Waals surface area (Å²) in [5.74, 6) is 1.11. The van der Waals surface area contributed by atoms with Gasteiger partial charge in [-0.1, -0.05) is 36.0 Å². The summed E-state index contributed by atoms with van der Waals surface area (Å²) in [6.45, 7) is 2.69. The largest absolute Gasteiger partial charge is 0.378 e. The topological polar surface area (TPSA) is 92.3 Å². The van der Waals surface area contributed by atoms with E-state index in [1.54, 1.807) is 0 Å². The van der Waals surface area contributed by atoms with E-state index in [4.69, 9.17) is 4.74 Å². The Labute approximate surface area is 198 Å². The number of carbonyl (C=O) groups excluding carboxylic acids is 1. The maximum absolute atomic E-state index is 12.4. The first-order valence-corrected chi connectivity index (χ1v) is 11.8. The number of hydrogen-bond donors (Lipinski definition) is 2. The lowest BCUT2D eigenvalue weighted by molar-refractivity contribution is -0.113. The molecule has 1 fully saturated rings. The van der Waals surface area contributed by atoms with E-state index in [9.17, 15) is 4.79 Å². The third kappa shape index (κ3) is 6.52. The Hall–Kier alpha value is -2.44. The predicted octanol–water partition coefficient (Wildman–Crippen LogP) is 3.79. The quantitative estimate of drug-likeness (QED) is 0.341. The highest BCUT2D eigenvalue weighted by molar-refractivity contribution is 14.1. The van der Waals surface area contributed by atoms with Crippen molar-refractivity contribution in [3.8, 4) is 0 Å². The van der Waals surface area contributed by atoms with Gasteiger partial charge >= 0.3 is 0 Å². The minimum absolute atomic E-state index is 0.113. The molecule has 2 heterocycles. The van der Waals surface area contributed by atoms with Gasteiger partial charge in [-0.25, -0.2) is 0 Å². The molecule has 0 bridgehead atoms. The maximum atomic E-state index is 12.4. The van der Waals surface area contributed by atoms with Gasteiger partial charge in [0.1, 0.15) is 0 Å². The molecular formula is C21H21IN6O2S. The van der Waals surface area contributed by atoms with Crippen molar-refractivity contribution in [1.82, 2.24) is 15.0 Å². The van der Waals surface area contributed by atoms with Crippen LogP contribution in [-0.4, -0.2) is 52.9 Å². The fourth-order valence-electron chi connectivity index (χ4n) is 2.92. The number of benzene rings is 2. The molecule has 2 N–H and O–H groups in total. The van der Waals surface area contributed by atoms with Crippen molar-refractivity contribution in [3.63, 3.8) is 0 Å². The number of nitrogens with zero attached hydrogens (tertiary/aromatic N) is 4. The molecule has 0 saturated carbocycles. The number of carbonyl (C=O) groups is 1. The molecule has 1 aromatic heterocycles. The molecule has 31 heavy (non-hydrogen) atoms. The highest BCUT2D eigenvalue weighted by Crippen LogP contribution is 2.22. The van der Waals surface area contributed by atoms with Crippen LogP contribution >= 0.6 is 34.4 Å². The maximum Gasteiger partial charge on any atom is 0.234 e. The predicted molar refractivity (Wildman–Crippen MR) is 131 cm³/mol. The first-order chi connectivity index (χ1) is 15.2. The number of para-hydroxylation sites is 1. The first-order valence-electron chi connectivity index (χ1n) is 9.75. The zero-order valence-electron chi connectivity index (χ0n) is 16.6. The van der Waals surface area contributed by atoms with Crippen LogP contribution in [0.15, 0.2) is 59.8 Å². The molecule has 0 unspecified atom stereocenters. The molecule has 4 rings (SSSR count). The number of ether oxygens (including phenoxy) is 1. The SMILES string of the molecule is O=C(CSc1nc(Nc2ccccc2)nc(N2CCOCC2)n1)Nc1cccc(I)c1. The van der Waals surface area contributed by atoms with E-state index in [-0.39, 0.29) is 11.7 Å². The zero-order valence-corrected chi connectivity index (χ0v) is 19.6. The summed E-state index contributed by atoms with van der Waals surface area (Å²) in [6.07, 6.45) is 0. The lowest BCUT2D eigenvalue weighted by Gasteiger charge is -2.27. The summed E-state index contributed by atoms with van der Waals surface area (Å²) in [5, 5.41) is 6.62. The fraction of sp³-hybridized carbons (Fsp3) is 0.238. The van der Waals surface area contributed by atoms with E-state index in [1.807, 2.05) is 54.6 Å². The highest BCUT2D eigenvalue weighted by Gasteiger charge is 2.17. The molecule has 3 aromatic rings. The Morgan fingerprint density at radius 3 is 2.58 bits per heavy atom. The molecule has 1 saturated heterocycles. The Balaban J connectivity index is 1.48. The molecule has 1 amide bonds. The van der Waals surface area contributed by atoms with E-state index in [1.165, 1.54) is 11.8 Å². The molecule has 2 aromatic carbocycles. The summed E-state index contributed by atoms with van der Waals surface area (Å²) in [5.41, 5.74) is 1.66. The van der Waals surface area contributed by atoms with Crippen molar-refractivity contribution in [2.75, 3.05) is 47.6 Å². The van der Waals surface area contributed by atoms with Crippen LogP contribution < -0.4 is 15.5 Å². The Bertz CT molecular complexity index is 1030. The van der Waals surface area contributed by atoms with E-state index >= 15 is 0 Å². The highest BCUT2D eigenvalue weighted by atomic mass is 127. The van der Waals surface area contributed by atoms with Crippen LogP contribution in [0.25, 0.3) is 0 Å². The van der Waals surface area contributed by atoms with Gasteiger partial charge < -0.3 is 20.3 Å². The van der Waals surface area contributed by atoms with Gasteiger partial charge in [0.25, 0.3) is 0 Å². The smallest absolute Gasteiger partial charge is 0.234 e. The molecule has 1 aliphatic rings. The Morgan fingerprint density at radius 1 is 1.03 bits per heavy atom. The molecule has 0 aliphatic carbocycles. The van der Waals surface area contributed by atoms with E-state index in [0.29, 0.717) is 43.4 Å². The van der Waals surface area contributed by atoms with Crippen LogP contribution in [-0.2, 0) is 9.53 Å². The number of thioether (sulfide) groups is 1. The van der Waals surface area contributed by atoms with E-state index < -0.39 is 0 Å². The average Bonchev–Trinajstić information content (AvgIpc) is 2.79. The molecule has 0 atom stereocenters. The Kier molecular flexibility index (Phi) is 7.54. The molecule has 1 aliphatic heterocycles. The second-order valence-corrected chi connectivity index (χ2v) is 8.87. The summed E-state index contributed by atoms with van der Waals surface area (Å²) in [6, 6.07) is 17.4. The third-order valence-corrected chi connectivity index (χ3v) is 5.89. The van der Waals surface area contributed by atoms with Crippen molar-refractivity contribution in [2.45, 2.75) is 5.16 Å². The normalized spacial score (nSPS) is 13.6. The van der Waals surface area contributed by atoms with Crippen LogP contribution in [0.4, 0.5) is 23.3 Å².